The van der Waals surface area contributed by atoms with Crippen LogP contribution in [0.25, 0.3) is 0 Å². The standard InChI is InChI=1S/C13H21N3S/c1-2-3-4-5-6-11-9-12(17-10-11)16-13-14-7-8-15-13/h9-10H,2-8H2,1H3,(H2,14,15,16). The smallest absolute Gasteiger partial charge is 0.197 e. The minimum absolute atomic E-state index is 0.921. The Labute approximate surface area is 107 Å². The molecule has 0 atom stereocenters. The number of unbranched alkanes of at least 4 members (excludes halogenated alkanes) is 3. The molecule has 2 rings (SSSR count). The molecular formula is C13H21N3S. The van der Waals surface area contributed by atoms with E-state index < -0.39 is 0 Å². The van der Waals surface area contributed by atoms with Gasteiger partial charge in [0.05, 0.1) is 0 Å². The molecule has 0 spiro atoms. The van der Waals surface area contributed by atoms with E-state index in [0.29, 0.717) is 0 Å². The molecule has 1 saturated heterocycles. The molecule has 1 aromatic rings. The first-order valence-electron chi connectivity index (χ1n) is 6.52. The normalized spacial score (nSPS) is 14.5. The minimum atomic E-state index is 0.921. The zero-order valence-electron chi connectivity index (χ0n) is 10.5. The second-order valence-corrected chi connectivity index (χ2v) is 5.31. The summed E-state index contributed by atoms with van der Waals surface area (Å²) in [4.78, 5) is 4.54. The van der Waals surface area contributed by atoms with Crippen molar-refractivity contribution in [3.63, 3.8) is 0 Å². The first-order valence-corrected chi connectivity index (χ1v) is 7.40. The Balaban J connectivity index is 1.81. The van der Waals surface area contributed by atoms with Crippen LogP contribution in [0.15, 0.2) is 16.4 Å². The van der Waals surface area contributed by atoms with Gasteiger partial charge in [-0.05, 0) is 29.9 Å². The average molecular weight is 251 g/mol. The van der Waals surface area contributed by atoms with Crippen LogP contribution < -0.4 is 10.6 Å². The molecule has 0 aromatic carbocycles. The maximum Gasteiger partial charge on any atom is 0.197 e. The molecule has 2 N–H and O–H groups in total. The van der Waals surface area contributed by atoms with E-state index in [9.17, 15) is 0 Å². The Kier molecular flexibility index (Phi) is 4.86. The van der Waals surface area contributed by atoms with Gasteiger partial charge in [0, 0.05) is 13.1 Å². The molecule has 94 valence electrons. The lowest BCUT2D eigenvalue weighted by molar-refractivity contribution is 0.667. The van der Waals surface area contributed by atoms with Gasteiger partial charge in [0.25, 0.3) is 0 Å². The van der Waals surface area contributed by atoms with Crippen molar-refractivity contribution in [1.29, 1.82) is 0 Å². The first-order chi connectivity index (χ1) is 8.38. The van der Waals surface area contributed by atoms with Gasteiger partial charge in [-0.15, -0.1) is 11.3 Å². The fraction of sp³-hybridized carbons (Fsp3) is 0.615. The minimum Gasteiger partial charge on any atom is -0.354 e. The molecule has 17 heavy (non-hydrogen) atoms. The fourth-order valence-corrected chi connectivity index (χ4v) is 2.74. The number of thiophene rings is 1. The Hall–Kier alpha value is -1.03. The summed E-state index contributed by atoms with van der Waals surface area (Å²) in [6, 6.07) is 2.21. The van der Waals surface area contributed by atoms with E-state index >= 15 is 0 Å². The number of guanidine groups is 1. The maximum absolute atomic E-state index is 4.54. The molecule has 1 fully saturated rings. The number of rotatable bonds is 6. The van der Waals surface area contributed by atoms with Crippen molar-refractivity contribution in [2.24, 2.45) is 4.99 Å². The predicted molar refractivity (Wildman–Crippen MR) is 75.3 cm³/mol. The maximum atomic E-state index is 4.54. The first kappa shape index (κ1) is 12.4. The Morgan fingerprint density at radius 3 is 2.82 bits per heavy atom. The predicted octanol–water partition coefficient (Wildman–Crippen LogP) is 3.05. The molecule has 3 nitrogen and oxygen atoms in total. The second kappa shape index (κ2) is 6.64. The summed E-state index contributed by atoms with van der Waals surface area (Å²) in [5, 5.41) is 9.78. The largest absolute Gasteiger partial charge is 0.354 e. The van der Waals surface area contributed by atoms with Crippen molar-refractivity contribution in [2.75, 3.05) is 13.1 Å². The van der Waals surface area contributed by atoms with E-state index in [-0.39, 0.29) is 0 Å². The quantitative estimate of drug-likeness (QED) is 0.762. The lowest BCUT2D eigenvalue weighted by Gasteiger charge is -1.97. The molecule has 0 radical (unpaired) electrons. The molecule has 1 aliphatic rings. The van der Waals surface area contributed by atoms with Crippen LogP contribution in [0.4, 0.5) is 5.00 Å². The van der Waals surface area contributed by atoms with E-state index in [1.54, 1.807) is 11.3 Å². The highest BCUT2D eigenvalue weighted by atomic mass is 32.1. The molecule has 0 amide bonds. The van der Waals surface area contributed by atoms with Crippen molar-refractivity contribution in [2.45, 2.75) is 39.0 Å². The van der Waals surface area contributed by atoms with Crippen LogP contribution in [0, 0.1) is 0 Å². The van der Waals surface area contributed by atoms with Crippen LogP contribution in [-0.4, -0.2) is 19.0 Å². The van der Waals surface area contributed by atoms with E-state index in [1.807, 2.05) is 0 Å². The zero-order valence-corrected chi connectivity index (χ0v) is 11.3. The molecule has 0 aliphatic carbocycles. The molecule has 0 saturated carbocycles. The van der Waals surface area contributed by atoms with Crippen molar-refractivity contribution in [3.05, 3.63) is 17.0 Å². The molecule has 2 heterocycles. The summed E-state index contributed by atoms with van der Waals surface area (Å²) < 4.78 is 0. The van der Waals surface area contributed by atoms with Crippen LogP contribution in [0.5, 0.6) is 0 Å². The van der Waals surface area contributed by atoms with Gasteiger partial charge in [0.1, 0.15) is 5.00 Å². The van der Waals surface area contributed by atoms with E-state index in [4.69, 9.17) is 0 Å². The summed E-state index contributed by atoms with van der Waals surface area (Å²) >= 11 is 1.73. The number of hydrogen-bond donors (Lipinski definition) is 2. The third kappa shape index (κ3) is 4.04. The van der Waals surface area contributed by atoms with E-state index in [1.165, 1.54) is 37.7 Å². The highest BCUT2D eigenvalue weighted by molar-refractivity contribution is 7.14. The molecule has 1 aliphatic heterocycles. The third-order valence-electron chi connectivity index (χ3n) is 2.89. The van der Waals surface area contributed by atoms with Crippen molar-refractivity contribution in [3.8, 4) is 0 Å². The van der Waals surface area contributed by atoms with E-state index in [2.05, 4.69) is 34.0 Å². The number of aryl methyl sites for hydroxylation is 1. The highest BCUT2D eigenvalue weighted by Gasteiger charge is 2.06. The molecule has 1 aromatic heterocycles. The summed E-state index contributed by atoms with van der Waals surface area (Å²) in [5.74, 6) is 0.921. The fourth-order valence-electron chi connectivity index (χ4n) is 1.92. The van der Waals surface area contributed by atoms with Gasteiger partial charge in [-0.25, -0.2) is 4.99 Å². The van der Waals surface area contributed by atoms with Gasteiger partial charge >= 0.3 is 0 Å². The van der Waals surface area contributed by atoms with Gasteiger partial charge in [-0.2, -0.15) is 0 Å². The number of aliphatic imine (C=N–C) groups is 1. The topological polar surface area (TPSA) is 36.4 Å². The number of hydrogen-bond acceptors (Lipinski definition) is 2. The van der Waals surface area contributed by atoms with Crippen LogP contribution in [0.2, 0.25) is 0 Å². The molecule has 0 unspecified atom stereocenters. The Bertz CT molecular complexity index is 362. The van der Waals surface area contributed by atoms with Crippen molar-refractivity contribution in [1.82, 2.24) is 10.6 Å². The van der Waals surface area contributed by atoms with Gasteiger partial charge in [0.2, 0.25) is 0 Å². The van der Waals surface area contributed by atoms with Crippen LogP contribution >= 0.6 is 11.3 Å². The molecule has 4 heteroatoms. The van der Waals surface area contributed by atoms with Gasteiger partial charge in [0.15, 0.2) is 5.96 Å². The van der Waals surface area contributed by atoms with Gasteiger partial charge in [-0.3, -0.25) is 0 Å². The molecular weight excluding hydrogens is 230 g/mol. The summed E-state index contributed by atoms with van der Waals surface area (Å²) in [5.41, 5.74) is 1.43. The Morgan fingerprint density at radius 1 is 1.24 bits per heavy atom. The summed E-state index contributed by atoms with van der Waals surface area (Å²) in [7, 11) is 0. The lowest BCUT2D eigenvalue weighted by Crippen LogP contribution is -2.22. The zero-order chi connectivity index (χ0) is 11.9. The number of nitrogens with one attached hydrogen (secondary N) is 2. The highest BCUT2D eigenvalue weighted by Crippen LogP contribution is 2.25. The Morgan fingerprint density at radius 2 is 2.06 bits per heavy atom. The lowest BCUT2D eigenvalue weighted by atomic mass is 10.1. The monoisotopic (exact) mass is 251 g/mol. The average Bonchev–Trinajstić information content (AvgIpc) is 2.97. The van der Waals surface area contributed by atoms with Gasteiger partial charge < -0.3 is 10.6 Å². The van der Waals surface area contributed by atoms with Crippen molar-refractivity contribution >= 4 is 22.3 Å². The van der Waals surface area contributed by atoms with Crippen LogP contribution in [0.1, 0.15) is 38.2 Å². The van der Waals surface area contributed by atoms with Crippen LogP contribution in [-0.2, 0) is 6.42 Å². The van der Waals surface area contributed by atoms with Crippen LogP contribution in [0.3, 0.4) is 0 Å². The number of nitrogens with zero attached hydrogens (tertiary/aromatic N) is 1. The SMILES string of the molecule is CCCCCCc1csc(N=C2NCCN2)c1. The second-order valence-electron chi connectivity index (χ2n) is 4.42. The summed E-state index contributed by atoms with van der Waals surface area (Å²) in [6.45, 7) is 4.21. The third-order valence-corrected chi connectivity index (χ3v) is 3.76. The molecule has 0 bridgehead atoms. The van der Waals surface area contributed by atoms with Crippen molar-refractivity contribution < 1.29 is 0 Å². The van der Waals surface area contributed by atoms with Gasteiger partial charge in [-0.1, -0.05) is 26.2 Å². The summed E-state index contributed by atoms with van der Waals surface area (Å²) in [6.07, 6.45) is 6.51. The van der Waals surface area contributed by atoms with E-state index in [0.717, 1.165) is 24.1 Å².